The average molecular weight is 402 g/mol. The van der Waals surface area contributed by atoms with Crippen molar-refractivity contribution in [2.45, 2.75) is 32.8 Å². The molecule has 0 aliphatic carbocycles. The molecule has 0 aliphatic heterocycles. The Morgan fingerprint density at radius 1 is 1.14 bits per heavy atom. The summed E-state index contributed by atoms with van der Waals surface area (Å²) in [6, 6.07) is 7.94. The molecule has 0 aliphatic rings. The third kappa shape index (κ3) is 5.37. The zero-order valence-electron chi connectivity index (χ0n) is 16.0. The Morgan fingerprint density at radius 3 is 2.72 bits per heavy atom. The van der Waals surface area contributed by atoms with Crippen molar-refractivity contribution in [2.24, 2.45) is 0 Å². The third-order valence-electron chi connectivity index (χ3n) is 3.99. The lowest BCUT2D eigenvalue weighted by molar-refractivity contribution is -0.151. The number of hydrogen-bond donors (Lipinski definition) is 0. The van der Waals surface area contributed by atoms with Crippen LogP contribution in [0.25, 0.3) is 11.0 Å². The van der Waals surface area contributed by atoms with E-state index in [-0.39, 0.29) is 17.4 Å². The lowest BCUT2D eigenvalue weighted by atomic mass is 10.3. The van der Waals surface area contributed by atoms with Gasteiger partial charge in [0.05, 0.1) is 23.8 Å². The molecule has 3 aromatic rings. The first-order valence-corrected chi connectivity index (χ1v) is 9.19. The van der Waals surface area contributed by atoms with Crippen LogP contribution in [0.2, 0.25) is 0 Å². The van der Waals surface area contributed by atoms with Gasteiger partial charge < -0.3 is 14.2 Å². The normalized spacial score (nSPS) is 11.9. The maximum atomic E-state index is 14.3. The van der Waals surface area contributed by atoms with E-state index in [1.54, 1.807) is 0 Å². The molecule has 1 heterocycles. The molecule has 1 atom stereocenters. The first kappa shape index (κ1) is 20.4. The van der Waals surface area contributed by atoms with E-state index in [9.17, 15) is 13.6 Å². The molecule has 0 saturated carbocycles. The molecule has 0 bridgehead atoms. The van der Waals surface area contributed by atoms with E-state index in [1.165, 1.54) is 43.5 Å². The minimum atomic E-state index is -0.945. The number of hydrogen-bond acceptors (Lipinski definition) is 6. The standard InChI is InChI=1S/C21H20F2N2O4/c1-3-4-9-27-21(26)13(2)28-19-8-6-15(11-16(19)23)29-20-12-24-18-10-14(22)5-7-17(18)25-20/h5-8,10-13H,3-4,9H2,1-2H3. The zero-order chi connectivity index (χ0) is 20.8. The summed E-state index contributed by atoms with van der Waals surface area (Å²) in [5, 5.41) is 0. The van der Waals surface area contributed by atoms with Crippen LogP contribution in [0.4, 0.5) is 8.78 Å². The van der Waals surface area contributed by atoms with E-state index in [1.807, 2.05) is 6.92 Å². The third-order valence-corrected chi connectivity index (χ3v) is 3.99. The van der Waals surface area contributed by atoms with Crippen molar-refractivity contribution >= 4 is 17.0 Å². The van der Waals surface area contributed by atoms with Gasteiger partial charge in [-0.15, -0.1) is 0 Å². The summed E-state index contributed by atoms with van der Waals surface area (Å²) in [6.07, 6.45) is 2.03. The van der Waals surface area contributed by atoms with Gasteiger partial charge in [0.1, 0.15) is 11.6 Å². The summed E-state index contributed by atoms with van der Waals surface area (Å²) in [5.74, 6) is -1.47. The first-order valence-electron chi connectivity index (χ1n) is 9.19. The second-order valence-electron chi connectivity index (χ2n) is 6.32. The minimum Gasteiger partial charge on any atom is -0.476 e. The molecular weight excluding hydrogens is 382 g/mol. The van der Waals surface area contributed by atoms with Gasteiger partial charge in [0.15, 0.2) is 17.7 Å². The van der Waals surface area contributed by atoms with Crippen LogP contribution < -0.4 is 9.47 Å². The van der Waals surface area contributed by atoms with Crippen molar-refractivity contribution in [1.82, 2.24) is 9.97 Å². The van der Waals surface area contributed by atoms with Crippen molar-refractivity contribution in [1.29, 1.82) is 0 Å². The first-order chi connectivity index (χ1) is 14.0. The second-order valence-corrected chi connectivity index (χ2v) is 6.32. The van der Waals surface area contributed by atoms with Gasteiger partial charge in [-0.3, -0.25) is 0 Å². The van der Waals surface area contributed by atoms with Crippen LogP contribution in [0.5, 0.6) is 17.4 Å². The molecule has 2 aromatic carbocycles. The molecule has 29 heavy (non-hydrogen) atoms. The summed E-state index contributed by atoms with van der Waals surface area (Å²) in [6.45, 7) is 3.78. The van der Waals surface area contributed by atoms with Crippen LogP contribution >= 0.6 is 0 Å². The van der Waals surface area contributed by atoms with Gasteiger partial charge in [0, 0.05) is 12.1 Å². The number of benzene rings is 2. The average Bonchev–Trinajstić information content (AvgIpc) is 2.70. The topological polar surface area (TPSA) is 70.5 Å². The number of rotatable bonds is 8. The van der Waals surface area contributed by atoms with Crippen molar-refractivity contribution in [3.05, 3.63) is 54.2 Å². The van der Waals surface area contributed by atoms with E-state index < -0.39 is 23.7 Å². The quantitative estimate of drug-likeness (QED) is 0.398. The number of aromatic nitrogens is 2. The smallest absolute Gasteiger partial charge is 0.347 e. The highest BCUT2D eigenvalue weighted by Gasteiger charge is 2.18. The molecule has 0 radical (unpaired) electrons. The molecule has 0 fully saturated rings. The Kier molecular flexibility index (Phi) is 6.54. The molecule has 0 amide bonds. The van der Waals surface area contributed by atoms with Crippen molar-refractivity contribution in [3.63, 3.8) is 0 Å². The molecule has 3 rings (SSSR count). The van der Waals surface area contributed by atoms with E-state index in [2.05, 4.69) is 9.97 Å². The minimum absolute atomic E-state index is 0.0997. The van der Waals surface area contributed by atoms with E-state index >= 15 is 0 Å². The van der Waals surface area contributed by atoms with E-state index in [0.29, 0.717) is 17.6 Å². The van der Waals surface area contributed by atoms with Crippen LogP contribution in [0.1, 0.15) is 26.7 Å². The van der Waals surface area contributed by atoms with Crippen LogP contribution in [-0.2, 0) is 9.53 Å². The Balaban J connectivity index is 1.66. The van der Waals surface area contributed by atoms with Gasteiger partial charge >= 0.3 is 5.97 Å². The number of fused-ring (bicyclic) bond motifs is 1. The van der Waals surface area contributed by atoms with Crippen molar-refractivity contribution < 1.29 is 27.8 Å². The lowest BCUT2D eigenvalue weighted by Gasteiger charge is -2.15. The van der Waals surface area contributed by atoms with Crippen molar-refractivity contribution in [3.8, 4) is 17.4 Å². The van der Waals surface area contributed by atoms with Gasteiger partial charge in [-0.1, -0.05) is 13.3 Å². The fourth-order valence-corrected chi connectivity index (χ4v) is 2.45. The number of nitrogens with zero attached hydrogens (tertiary/aromatic N) is 2. The molecule has 0 saturated heterocycles. The van der Waals surface area contributed by atoms with Crippen LogP contribution in [0.3, 0.4) is 0 Å². The summed E-state index contributed by atoms with van der Waals surface area (Å²) in [4.78, 5) is 20.1. The van der Waals surface area contributed by atoms with Gasteiger partial charge in [0.25, 0.3) is 0 Å². The fraction of sp³-hybridized carbons (Fsp3) is 0.286. The van der Waals surface area contributed by atoms with Gasteiger partial charge in [-0.25, -0.2) is 23.5 Å². The number of esters is 1. The fourth-order valence-electron chi connectivity index (χ4n) is 2.45. The monoisotopic (exact) mass is 402 g/mol. The number of halogens is 2. The SMILES string of the molecule is CCCCOC(=O)C(C)Oc1ccc(Oc2cnc3cc(F)ccc3n2)cc1F. The van der Waals surface area contributed by atoms with E-state index in [4.69, 9.17) is 14.2 Å². The van der Waals surface area contributed by atoms with Gasteiger partial charge in [-0.05, 0) is 37.6 Å². The van der Waals surface area contributed by atoms with Gasteiger partial charge in [0.2, 0.25) is 5.88 Å². The lowest BCUT2D eigenvalue weighted by Crippen LogP contribution is -2.26. The summed E-state index contributed by atoms with van der Waals surface area (Å²) < 4.78 is 43.5. The van der Waals surface area contributed by atoms with Crippen LogP contribution in [0.15, 0.2) is 42.6 Å². The molecule has 0 spiro atoms. The molecular formula is C21H20F2N2O4. The summed E-state index contributed by atoms with van der Waals surface area (Å²) >= 11 is 0. The Hall–Kier alpha value is -3.29. The molecule has 0 N–H and O–H groups in total. The predicted molar refractivity (Wildman–Crippen MR) is 102 cm³/mol. The van der Waals surface area contributed by atoms with Crippen molar-refractivity contribution in [2.75, 3.05) is 6.61 Å². The maximum Gasteiger partial charge on any atom is 0.347 e. The van der Waals surface area contributed by atoms with Crippen LogP contribution in [-0.4, -0.2) is 28.6 Å². The highest BCUT2D eigenvalue weighted by atomic mass is 19.1. The highest BCUT2D eigenvalue weighted by molar-refractivity contribution is 5.75. The van der Waals surface area contributed by atoms with Crippen LogP contribution in [0, 0.1) is 11.6 Å². The number of unbranched alkanes of at least 4 members (excludes halogenated alkanes) is 1. The molecule has 1 unspecified atom stereocenters. The highest BCUT2D eigenvalue weighted by Crippen LogP contribution is 2.27. The largest absolute Gasteiger partial charge is 0.476 e. The number of ether oxygens (including phenoxy) is 3. The molecule has 1 aromatic heterocycles. The Labute approximate surface area is 166 Å². The second kappa shape index (κ2) is 9.27. The van der Waals surface area contributed by atoms with Gasteiger partial charge in [-0.2, -0.15) is 0 Å². The molecule has 6 nitrogen and oxygen atoms in total. The predicted octanol–water partition coefficient (Wildman–Crippen LogP) is 4.81. The number of carbonyl (C=O) groups is 1. The zero-order valence-corrected chi connectivity index (χ0v) is 16.0. The molecule has 152 valence electrons. The summed E-state index contributed by atoms with van der Waals surface area (Å²) in [7, 11) is 0. The maximum absolute atomic E-state index is 14.3. The number of carbonyl (C=O) groups excluding carboxylic acids is 1. The Bertz CT molecular complexity index is 1010. The summed E-state index contributed by atoms with van der Waals surface area (Å²) in [5.41, 5.74) is 0.826. The van der Waals surface area contributed by atoms with E-state index in [0.717, 1.165) is 18.9 Å². The Morgan fingerprint density at radius 2 is 1.97 bits per heavy atom. The molecule has 8 heteroatoms.